The van der Waals surface area contributed by atoms with Gasteiger partial charge >= 0.3 is 0 Å². The molecular formula is C21H32N2O9. The van der Waals surface area contributed by atoms with Crippen molar-refractivity contribution < 1.29 is 43.5 Å². The van der Waals surface area contributed by atoms with E-state index in [1.165, 1.54) is 6.92 Å². The number of amides is 2. The van der Waals surface area contributed by atoms with Crippen molar-refractivity contribution in [3.05, 3.63) is 24.3 Å². The van der Waals surface area contributed by atoms with Gasteiger partial charge < -0.3 is 44.5 Å². The monoisotopic (exact) mass is 456 g/mol. The van der Waals surface area contributed by atoms with E-state index < -0.39 is 24.5 Å². The summed E-state index contributed by atoms with van der Waals surface area (Å²) in [5, 5.41) is 24.8. The molecule has 4 atom stereocenters. The average Bonchev–Trinajstić information content (AvgIpc) is 2.75. The van der Waals surface area contributed by atoms with Crippen LogP contribution in [0.15, 0.2) is 24.3 Å². The number of aliphatic hydroxyl groups excluding tert-OH is 2. The zero-order valence-corrected chi connectivity index (χ0v) is 18.3. The largest absolute Gasteiger partial charge is 0.463 e. The lowest BCUT2D eigenvalue weighted by molar-refractivity contribution is -0.210. The van der Waals surface area contributed by atoms with Crippen LogP contribution in [-0.2, 0) is 28.5 Å². The van der Waals surface area contributed by atoms with E-state index in [1.54, 1.807) is 31.4 Å². The second kappa shape index (κ2) is 14.0. The summed E-state index contributed by atoms with van der Waals surface area (Å²) in [7, 11) is 1.59. The highest BCUT2D eigenvalue weighted by atomic mass is 16.7. The minimum absolute atomic E-state index is 0.106. The van der Waals surface area contributed by atoms with Gasteiger partial charge in [-0.3, -0.25) is 9.59 Å². The van der Waals surface area contributed by atoms with Crippen molar-refractivity contribution in [2.45, 2.75) is 37.9 Å². The molecule has 0 aromatic heterocycles. The molecule has 0 bridgehead atoms. The van der Waals surface area contributed by atoms with Crippen LogP contribution < -0.4 is 15.4 Å². The summed E-state index contributed by atoms with van der Waals surface area (Å²) < 4.78 is 26.8. The number of aliphatic hydroxyl groups is 2. The molecule has 0 radical (unpaired) electrons. The molecule has 0 unspecified atom stereocenters. The van der Waals surface area contributed by atoms with E-state index >= 15 is 0 Å². The lowest BCUT2D eigenvalue weighted by Crippen LogP contribution is -2.57. The fourth-order valence-corrected chi connectivity index (χ4v) is 3.02. The van der Waals surface area contributed by atoms with E-state index in [1.807, 2.05) is 0 Å². The first-order valence-electron chi connectivity index (χ1n) is 10.4. The first-order valence-corrected chi connectivity index (χ1v) is 10.4. The van der Waals surface area contributed by atoms with Crippen LogP contribution in [-0.4, -0.2) is 93.3 Å². The molecule has 1 aliphatic heterocycles. The van der Waals surface area contributed by atoms with Crippen molar-refractivity contribution >= 4 is 17.5 Å². The molecule has 32 heavy (non-hydrogen) atoms. The summed E-state index contributed by atoms with van der Waals surface area (Å²) in [4.78, 5) is 23.4. The molecule has 0 aliphatic carbocycles. The number of hydrogen-bond donors (Lipinski definition) is 4. The zero-order valence-electron chi connectivity index (χ0n) is 18.3. The van der Waals surface area contributed by atoms with Gasteiger partial charge in [0.25, 0.3) is 0 Å². The number of nitrogens with one attached hydrogen (secondary N) is 2. The number of rotatable bonds is 13. The Labute approximate surface area is 186 Å². The van der Waals surface area contributed by atoms with Gasteiger partial charge in [0.2, 0.25) is 18.1 Å². The minimum Gasteiger partial charge on any atom is -0.463 e. The number of carbonyl (C=O) groups excluding carboxylic acids is 2. The summed E-state index contributed by atoms with van der Waals surface area (Å²) in [5.74, 6) is -0.166. The molecule has 2 rings (SSSR count). The standard InChI is InChI=1S/C21H32N2O9/c1-14(25)22-17-11-18(26)19(12-24)32-21(17)31-16-5-3-15(4-6-16)23-20(27)13-30-10-9-29-8-7-28-2/h3-6,17-19,21,24,26H,7-13H2,1-2H3,(H,22,25)(H,23,27)/t17-,18-,19-,21+/m1/s1. The first-order chi connectivity index (χ1) is 15.4. The van der Waals surface area contributed by atoms with E-state index in [2.05, 4.69) is 10.6 Å². The normalized spacial score (nSPS) is 22.9. The van der Waals surface area contributed by atoms with Crippen molar-refractivity contribution in [3.8, 4) is 5.75 Å². The van der Waals surface area contributed by atoms with E-state index in [-0.39, 0.29) is 31.4 Å². The van der Waals surface area contributed by atoms with Gasteiger partial charge in [-0.1, -0.05) is 0 Å². The minimum atomic E-state index is -0.923. The Morgan fingerprint density at radius 2 is 1.81 bits per heavy atom. The maximum absolute atomic E-state index is 12.0. The number of anilines is 1. The highest BCUT2D eigenvalue weighted by molar-refractivity contribution is 5.91. The van der Waals surface area contributed by atoms with Gasteiger partial charge in [-0.2, -0.15) is 0 Å². The smallest absolute Gasteiger partial charge is 0.250 e. The fraction of sp³-hybridized carbons (Fsp3) is 0.619. The Kier molecular flexibility index (Phi) is 11.4. The van der Waals surface area contributed by atoms with Crippen LogP contribution >= 0.6 is 0 Å². The number of carbonyl (C=O) groups is 2. The van der Waals surface area contributed by atoms with Crippen LogP contribution in [0, 0.1) is 0 Å². The number of ether oxygens (including phenoxy) is 5. The summed E-state index contributed by atoms with van der Waals surface area (Å²) in [6, 6.07) is 5.98. The summed E-state index contributed by atoms with van der Waals surface area (Å²) in [5.41, 5.74) is 0.550. The number of benzene rings is 1. The van der Waals surface area contributed by atoms with Crippen LogP contribution in [0.3, 0.4) is 0 Å². The molecule has 1 fully saturated rings. The fourth-order valence-electron chi connectivity index (χ4n) is 3.02. The Bertz CT molecular complexity index is 701. The van der Waals surface area contributed by atoms with Crippen molar-refractivity contribution in [2.75, 3.05) is 52.1 Å². The first kappa shape index (κ1) is 26.0. The van der Waals surface area contributed by atoms with Gasteiger partial charge in [-0.25, -0.2) is 0 Å². The van der Waals surface area contributed by atoms with Gasteiger partial charge in [0.15, 0.2) is 0 Å². The molecule has 1 aliphatic rings. The Hall–Kier alpha value is -2.28. The van der Waals surface area contributed by atoms with Gasteiger partial charge in [0.05, 0.1) is 45.2 Å². The molecule has 180 valence electrons. The van der Waals surface area contributed by atoms with E-state index in [0.717, 1.165) is 0 Å². The summed E-state index contributed by atoms with van der Waals surface area (Å²) in [6.07, 6.45) is -2.44. The average molecular weight is 456 g/mol. The lowest BCUT2D eigenvalue weighted by Gasteiger charge is -2.38. The van der Waals surface area contributed by atoms with Crippen LogP contribution in [0.4, 0.5) is 5.69 Å². The molecule has 1 aromatic rings. The molecule has 2 amide bonds. The maximum Gasteiger partial charge on any atom is 0.250 e. The third kappa shape index (κ3) is 9.07. The van der Waals surface area contributed by atoms with Crippen LogP contribution in [0.5, 0.6) is 5.75 Å². The van der Waals surface area contributed by atoms with Crippen LogP contribution in [0.1, 0.15) is 13.3 Å². The van der Waals surface area contributed by atoms with Gasteiger partial charge in [-0.15, -0.1) is 0 Å². The van der Waals surface area contributed by atoms with Crippen LogP contribution in [0.25, 0.3) is 0 Å². The van der Waals surface area contributed by atoms with Crippen LogP contribution in [0.2, 0.25) is 0 Å². The van der Waals surface area contributed by atoms with E-state index in [4.69, 9.17) is 23.7 Å². The molecule has 1 heterocycles. The predicted molar refractivity (Wildman–Crippen MR) is 113 cm³/mol. The van der Waals surface area contributed by atoms with Crippen molar-refractivity contribution in [3.63, 3.8) is 0 Å². The Morgan fingerprint density at radius 1 is 1.12 bits per heavy atom. The molecule has 1 aromatic carbocycles. The second-order valence-corrected chi connectivity index (χ2v) is 7.18. The molecule has 0 saturated carbocycles. The predicted octanol–water partition coefficient (Wildman–Crippen LogP) is -0.344. The molecule has 0 spiro atoms. The number of hydrogen-bond acceptors (Lipinski definition) is 9. The lowest BCUT2D eigenvalue weighted by atomic mass is 10.0. The highest BCUT2D eigenvalue weighted by Crippen LogP contribution is 2.25. The summed E-state index contributed by atoms with van der Waals surface area (Å²) in [6.45, 7) is 2.52. The van der Waals surface area contributed by atoms with Crippen molar-refractivity contribution in [2.24, 2.45) is 0 Å². The molecule has 1 saturated heterocycles. The van der Waals surface area contributed by atoms with Crippen molar-refractivity contribution in [1.82, 2.24) is 5.32 Å². The van der Waals surface area contributed by atoms with Gasteiger partial charge in [0.1, 0.15) is 18.5 Å². The number of methoxy groups -OCH3 is 1. The molecule has 11 nitrogen and oxygen atoms in total. The van der Waals surface area contributed by atoms with E-state index in [9.17, 15) is 19.8 Å². The van der Waals surface area contributed by atoms with E-state index in [0.29, 0.717) is 37.9 Å². The molecule has 11 heteroatoms. The van der Waals surface area contributed by atoms with Crippen molar-refractivity contribution in [1.29, 1.82) is 0 Å². The third-order valence-corrected chi connectivity index (χ3v) is 4.56. The topological polar surface area (TPSA) is 145 Å². The maximum atomic E-state index is 12.0. The second-order valence-electron chi connectivity index (χ2n) is 7.18. The summed E-state index contributed by atoms with van der Waals surface area (Å²) >= 11 is 0. The zero-order chi connectivity index (χ0) is 23.3. The van der Waals surface area contributed by atoms with Gasteiger partial charge in [-0.05, 0) is 24.3 Å². The molecule has 4 N–H and O–H groups in total. The Morgan fingerprint density at radius 3 is 2.47 bits per heavy atom. The Balaban J connectivity index is 1.80. The van der Waals surface area contributed by atoms with Gasteiger partial charge in [0, 0.05) is 26.1 Å². The molecular weight excluding hydrogens is 424 g/mol. The third-order valence-electron chi connectivity index (χ3n) is 4.56. The highest BCUT2D eigenvalue weighted by Gasteiger charge is 2.38. The SMILES string of the molecule is COCCOCCOCC(=O)Nc1ccc(O[C@H]2O[C@H](CO)[C@H](O)C[C@H]2NC(C)=O)cc1. The quantitative estimate of drug-likeness (QED) is 0.293.